The van der Waals surface area contributed by atoms with Crippen LogP contribution in [0.5, 0.6) is 5.88 Å². The van der Waals surface area contributed by atoms with E-state index in [2.05, 4.69) is 36.4 Å². The molecule has 0 saturated heterocycles. The Bertz CT molecular complexity index is 956. The maximum Gasteiger partial charge on any atom is 0.247 e. The number of fused-ring (bicyclic) bond motifs is 3. The first-order valence-electron chi connectivity index (χ1n) is 7.42. The van der Waals surface area contributed by atoms with Gasteiger partial charge in [0.15, 0.2) is 5.69 Å². The first-order valence-corrected chi connectivity index (χ1v) is 9.44. The van der Waals surface area contributed by atoms with Gasteiger partial charge in [0.2, 0.25) is 17.3 Å². The average Bonchev–Trinajstić information content (AvgIpc) is 2.78. The van der Waals surface area contributed by atoms with Crippen molar-refractivity contribution in [2.24, 2.45) is 0 Å². The third kappa shape index (κ3) is 3.07. The minimum atomic E-state index is -0.728. The van der Waals surface area contributed by atoms with Gasteiger partial charge in [-0.1, -0.05) is 45.9 Å². The summed E-state index contributed by atoms with van der Waals surface area (Å²) >= 11 is 4.83. The molecule has 0 saturated carbocycles. The Morgan fingerprint density at radius 1 is 1.20 bits per heavy atom. The van der Waals surface area contributed by atoms with Crippen LogP contribution in [0.4, 0.5) is 10.1 Å². The number of halogens is 2. The highest BCUT2D eigenvalue weighted by atomic mass is 79.9. The van der Waals surface area contributed by atoms with Crippen LogP contribution >= 0.6 is 27.7 Å². The van der Waals surface area contributed by atoms with Gasteiger partial charge in [0, 0.05) is 21.3 Å². The first kappa shape index (κ1) is 16.3. The van der Waals surface area contributed by atoms with Crippen LogP contribution in [-0.4, -0.2) is 21.4 Å². The van der Waals surface area contributed by atoms with E-state index in [-0.39, 0.29) is 5.82 Å². The average molecular weight is 419 g/mol. The van der Waals surface area contributed by atoms with Gasteiger partial charge in [-0.25, -0.2) is 4.39 Å². The SMILES string of the molecule is CSc1nnc2c(n1)O[C@H](c1ccccc1F)Nc1ccc(Br)cc1-2. The standard InChI is InChI=1S/C17H12BrFN4OS/c1-25-17-21-16-14(22-23-17)11-8-9(18)6-7-13(11)20-15(24-16)10-4-2-3-5-12(10)19/h2-8,15,20H,1H3/t15-/m1/s1. The predicted molar refractivity (Wildman–Crippen MR) is 98.1 cm³/mol. The zero-order valence-corrected chi connectivity index (χ0v) is 15.4. The molecule has 2 heterocycles. The summed E-state index contributed by atoms with van der Waals surface area (Å²) in [4.78, 5) is 4.42. The third-order valence-electron chi connectivity index (χ3n) is 3.76. The van der Waals surface area contributed by atoms with Crippen molar-refractivity contribution >= 4 is 33.4 Å². The summed E-state index contributed by atoms with van der Waals surface area (Å²) in [5.41, 5.74) is 2.47. The van der Waals surface area contributed by atoms with E-state index >= 15 is 0 Å². The zero-order chi connectivity index (χ0) is 17.4. The number of hydrogen-bond acceptors (Lipinski definition) is 6. The Balaban J connectivity index is 1.90. The lowest BCUT2D eigenvalue weighted by molar-refractivity contribution is 0.220. The molecule has 8 heteroatoms. The van der Waals surface area contributed by atoms with Crippen molar-refractivity contribution in [2.75, 3.05) is 11.6 Å². The fourth-order valence-electron chi connectivity index (χ4n) is 2.58. The minimum Gasteiger partial charge on any atom is -0.448 e. The molecule has 1 N–H and O–H groups in total. The van der Waals surface area contributed by atoms with Crippen molar-refractivity contribution in [3.63, 3.8) is 0 Å². The van der Waals surface area contributed by atoms with Gasteiger partial charge in [0.1, 0.15) is 5.82 Å². The monoisotopic (exact) mass is 418 g/mol. The van der Waals surface area contributed by atoms with Crippen LogP contribution < -0.4 is 10.1 Å². The number of nitrogens with one attached hydrogen (secondary N) is 1. The van der Waals surface area contributed by atoms with Gasteiger partial charge < -0.3 is 10.1 Å². The molecule has 25 heavy (non-hydrogen) atoms. The lowest BCUT2D eigenvalue weighted by atomic mass is 10.1. The van der Waals surface area contributed by atoms with E-state index in [1.54, 1.807) is 18.2 Å². The second-order valence-electron chi connectivity index (χ2n) is 5.31. The highest BCUT2D eigenvalue weighted by Gasteiger charge is 2.27. The molecule has 0 fully saturated rings. The van der Waals surface area contributed by atoms with Crippen molar-refractivity contribution in [2.45, 2.75) is 11.4 Å². The topological polar surface area (TPSA) is 59.9 Å². The van der Waals surface area contributed by atoms with Gasteiger partial charge in [-0.05, 0) is 30.5 Å². The number of rotatable bonds is 2. The van der Waals surface area contributed by atoms with Crippen molar-refractivity contribution in [1.82, 2.24) is 15.2 Å². The Kier molecular flexibility index (Phi) is 4.30. The number of hydrogen-bond donors (Lipinski definition) is 1. The Morgan fingerprint density at radius 2 is 2.04 bits per heavy atom. The summed E-state index contributed by atoms with van der Waals surface area (Å²) in [6.45, 7) is 0. The summed E-state index contributed by atoms with van der Waals surface area (Å²) in [6.07, 6.45) is 1.13. The first-order chi connectivity index (χ1) is 12.2. The van der Waals surface area contributed by atoms with Gasteiger partial charge in [0.25, 0.3) is 0 Å². The van der Waals surface area contributed by atoms with E-state index in [0.29, 0.717) is 22.3 Å². The summed E-state index contributed by atoms with van der Waals surface area (Å²) in [6, 6.07) is 12.2. The van der Waals surface area contributed by atoms with Crippen LogP contribution in [-0.2, 0) is 0 Å². The lowest BCUT2D eigenvalue weighted by Crippen LogP contribution is -2.18. The molecule has 5 nitrogen and oxygen atoms in total. The van der Waals surface area contributed by atoms with E-state index in [4.69, 9.17) is 4.74 Å². The van der Waals surface area contributed by atoms with E-state index in [1.807, 2.05) is 24.5 Å². The van der Waals surface area contributed by atoms with Crippen molar-refractivity contribution < 1.29 is 9.13 Å². The van der Waals surface area contributed by atoms with Gasteiger partial charge in [-0.2, -0.15) is 4.98 Å². The smallest absolute Gasteiger partial charge is 0.247 e. The number of nitrogens with zero attached hydrogens (tertiary/aromatic N) is 3. The predicted octanol–water partition coefficient (Wildman–Crippen LogP) is 4.67. The maximum absolute atomic E-state index is 14.3. The fourth-order valence-corrected chi connectivity index (χ4v) is 3.24. The molecule has 2 aromatic carbocycles. The highest BCUT2D eigenvalue weighted by Crippen LogP contribution is 2.40. The summed E-state index contributed by atoms with van der Waals surface area (Å²) in [7, 11) is 0. The number of aromatic nitrogens is 3. The summed E-state index contributed by atoms with van der Waals surface area (Å²) in [5, 5.41) is 12.1. The van der Waals surface area contributed by atoms with Gasteiger partial charge >= 0.3 is 0 Å². The molecular formula is C17H12BrFN4OS. The lowest BCUT2D eigenvalue weighted by Gasteiger charge is -2.19. The van der Waals surface area contributed by atoms with Crippen LogP contribution in [0.1, 0.15) is 11.8 Å². The minimum absolute atomic E-state index is 0.317. The molecule has 3 aromatic rings. The molecule has 0 aliphatic carbocycles. The molecule has 1 atom stereocenters. The van der Waals surface area contributed by atoms with E-state index in [0.717, 1.165) is 15.7 Å². The van der Waals surface area contributed by atoms with Crippen LogP contribution in [0.15, 0.2) is 52.1 Å². The summed E-state index contributed by atoms with van der Waals surface area (Å²) < 4.78 is 21.2. The second kappa shape index (κ2) is 6.61. The normalized spacial score (nSPS) is 15.4. The molecule has 1 aliphatic heterocycles. The zero-order valence-electron chi connectivity index (χ0n) is 13.0. The van der Waals surface area contributed by atoms with Crippen molar-refractivity contribution in [1.29, 1.82) is 0 Å². The third-order valence-corrected chi connectivity index (χ3v) is 4.79. The molecule has 0 spiro atoms. The molecule has 0 radical (unpaired) electrons. The largest absolute Gasteiger partial charge is 0.448 e. The molecule has 4 rings (SSSR count). The second-order valence-corrected chi connectivity index (χ2v) is 6.99. The number of benzene rings is 2. The molecule has 126 valence electrons. The Morgan fingerprint density at radius 3 is 2.84 bits per heavy atom. The molecule has 1 aliphatic rings. The molecule has 0 amide bonds. The van der Waals surface area contributed by atoms with E-state index < -0.39 is 6.23 Å². The Labute approximate surface area is 156 Å². The van der Waals surface area contributed by atoms with Gasteiger partial charge in [-0.15, -0.1) is 10.2 Å². The van der Waals surface area contributed by atoms with Crippen molar-refractivity contribution in [3.8, 4) is 17.1 Å². The van der Waals surface area contributed by atoms with Crippen LogP contribution in [0.3, 0.4) is 0 Å². The molecule has 0 unspecified atom stereocenters. The van der Waals surface area contributed by atoms with Crippen LogP contribution in [0.25, 0.3) is 11.3 Å². The highest BCUT2D eigenvalue weighted by molar-refractivity contribution is 9.10. The number of ether oxygens (including phenoxy) is 1. The van der Waals surface area contributed by atoms with Crippen LogP contribution in [0, 0.1) is 5.82 Å². The van der Waals surface area contributed by atoms with Gasteiger partial charge in [0.05, 0.1) is 0 Å². The van der Waals surface area contributed by atoms with Crippen molar-refractivity contribution in [3.05, 3.63) is 58.3 Å². The van der Waals surface area contributed by atoms with Gasteiger partial charge in [-0.3, -0.25) is 0 Å². The molecular weight excluding hydrogens is 407 g/mol. The Hall–Kier alpha value is -2.19. The number of thioether (sulfide) groups is 1. The molecule has 1 aromatic heterocycles. The van der Waals surface area contributed by atoms with E-state index in [1.165, 1.54) is 17.8 Å². The molecule has 0 bridgehead atoms. The van der Waals surface area contributed by atoms with E-state index in [9.17, 15) is 4.39 Å². The van der Waals surface area contributed by atoms with Crippen LogP contribution in [0.2, 0.25) is 0 Å². The fraction of sp³-hybridized carbons (Fsp3) is 0.118. The maximum atomic E-state index is 14.3. The quantitative estimate of drug-likeness (QED) is 0.610. The summed E-state index contributed by atoms with van der Waals surface area (Å²) in [5.74, 6) is -0.0360. The number of anilines is 1.